The molecule has 0 saturated heterocycles. The fourth-order valence-corrected chi connectivity index (χ4v) is 1.82. The van der Waals surface area contributed by atoms with Gasteiger partial charge in [-0.25, -0.2) is 0 Å². The van der Waals surface area contributed by atoms with Gasteiger partial charge in [-0.1, -0.05) is 0 Å². The van der Waals surface area contributed by atoms with Crippen LogP contribution in [-0.2, 0) is 0 Å². The van der Waals surface area contributed by atoms with Crippen LogP contribution in [0.25, 0.3) is 21.8 Å². The molecule has 0 spiro atoms. The summed E-state index contributed by atoms with van der Waals surface area (Å²) < 4.78 is 0. The number of hydrogen-bond acceptors (Lipinski definition) is 4. The Labute approximate surface area is 91.9 Å². The van der Waals surface area contributed by atoms with Crippen molar-refractivity contribution in [3.8, 4) is 0 Å². The summed E-state index contributed by atoms with van der Waals surface area (Å²) in [7, 11) is 0. The number of rotatable bonds is 0. The third-order valence-corrected chi connectivity index (χ3v) is 2.60. The normalized spacial score (nSPS) is 11.0. The Morgan fingerprint density at radius 3 is 1.56 bits per heavy atom. The van der Waals surface area contributed by atoms with E-state index in [1.54, 1.807) is 0 Å². The molecule has 16 heavy (non-hydrogen) atoms. The lowest BCUT2D eigenvalue weighted by Crippen LogP contribution is -1.91. The SMILES string of the molecule is Nc1ccc2nnc3ccc(N)cc3c2c1. The van der Waals surface area contributed by atoms with Crippen LogP contribution in [0.5, 0.6) is 0 Å². The van der Waals surface area contributed by atoms with Crippen molar-refractivity contribution < 1.29 is 0 Å². The van der Waals surface area contributed by atoms with Crippen LogP contribution in [0.1, 0.15) is 0 Å². The summed E-state index contributed by atoms with van der Waals surface area (Å²) in [5, 5.41) is 10.2. The predicted molar refractivity (Wildman–Crippen MR) is 65.9 cm³/mol. The lowest BCUT2D eigenvalue weighted by Gasteiger charge is -2.03. The Bertz CT molecular complexity index is 630. The summed E-state index contributed by atoms with van der Waals surface area (Å²) in [6.07, 6.45) is 0. The third-order valence-electron chi connectivity index (χ3n) is 2.60. The van der Waals surface area contributed by atoms with Gasteiger partial charge in [0.05, 0.1) is 11.0 Å². The van der Waals surface area contributed by atoms with E-state index in [0.29, 0.717) is 11.4 Å². The molecule has 1 aromatic heterocycles. The van der Waals surface area contributed by atoms with E-state index in [9.17, 15) is 0 Å². The first-order valence-corrected chi connectivity index (χ1v) is 4.95. The fraction of sp³-hybridized carbons (Fsp3) is 0. The number of benzene rings is 2. The molecule has 4 heteroatoms. The van der Waals surface area contributed by atoms with Crippen LogP contribution in [0.2, 0.25) is 0 Å². The van der Waals surface area contributed by atoms with Crippen molar-refractivity contribution in [1.29, 1.82) is 0 Å². The maximum atomic E-state index is 5.77. The van der Waals surface area contributed by atoms with Crippen LogP contribution < -0.4 is 11.5 Å². The molecule has 0 bridgehead atoms. The van der Waals surface area contributed by atoms with Crippen LogP contribution in [0.15, 0.2) is 36.4 Å². The first-order chi connectivity index (χ1) is 7.74. The highest BCUT2D eigenvalue weighted by Gasteiger charge is 2.03. The summed E-state index contributed by atoms with van der Waals surface area (Å²) in [5.41, 5.74) is 14.6. The van der Waals surface area contributed by atoms with Crippen molar-refractivity contribution in [1.82, 2.24) is 10.2 Å². The summed E-state index contributed by atoms with van der Waals surface area (Å²) in [4.78, 5) is 0. The lowest BCUT2D eigenvalue weighted by molar-refractivity contribution is 1.12. The summed E-state index contributed by atoms with van der Waals surface area (Å²) in [6, 6.07) is 11.1. The maximum Gasteiger partial charge on any atom is 0.0937 e. The molecule has 1 heterocycles. The Balaban J connectivity index is 2.55. The Morgan fingerprint density at radius 1 is 0.688 bits per heavy atom. The summed E-state index contributed by atoms with van der Waals surface area (Å²) in [5.74, 6) is 0. The van der Waals surface area contributed by atoms with Gasteiger partial charge in [-0.2, -0.15) is 0 Å². The maximum absolute atomic E-state index is 5.77. The Hall–Kier alpha value is -2.36. The van der Waals surface area contributed by atoms with Gasteiger partial charge in [0.2, 0.25) is 0 Å². The van der Waals surface area contributed by atoms with Crippen molar-refractivity contribution in [2.75, 3.05) is 11.5 Å². The van der Waals surface area contributed by atoms with E-state index in [-0.39, 0.29) is 0 Å². The minimum absolute atomic E-state index is 0.712. The second kappa shape index (κ2) is 3.06. The van der Waals surface area contributed by atoms with Crippen molar-refractivity contribution in [3.63, 3.8) is 0 Å². The van der Waals surface area contributed by atoms with Crippen LogP contribution in [0, 0.1) is 0 Å². The van der Waals surface area contributed by atoms with E-state index in [1.807, 2.05) is 36.4 Å². The molecular weight excluding hydrogens is 200 g/mol. The van der Waals surface area contributed by atoms with E-state index >= 15 is 0 Å². The van der Waals surface area contributed by atoms with Gasteiger partial charge >= 0.3 is 0 Å². The zero-order valence-corrected chi connectivity index (χ0v) is 8.51. The van der Waals surface area contributed by atoms with E-state index in [4.69, 9.17) is 11.5 Å². The van der Waals surface area contributed by atoms with Crippen LogP contribution in [-0.4, -0.2) is 10.2 Å². The summed E-state index contributed by atoms with van der Waals surface area (Å²) in [6.45, 7) is 0. The number of hydrogen-bond donors (Lipinski definition) is 2. The average Bonchev–Trinajstić information content (AvgIpc) is 2.29. The van der Waals surface area contributed by atoms with Crippen LogP contribution >= 0.6 is 0 Å². The number of nitrogen functional groups attached to an aromatic ring is 2. The van der Waals surface area contributed by atoms with E-state index in [2.05, 4.69) is 10.2 Å². The number of anilines is 2. The number of fused-ring (bicyclic) bond motifs is 3. The van der Waals surface area contributed by atoms with Gasteiger partial charge in [-0.15, -0.1) is 10.2 Å². The number of aromatic nitrogens is 2. The molecule has 78 valence electrons. The van der Waals surface area contributed by atoms with E-state index < -0.39 is 0 Å². The molecule has 3 aromatic rings. The van der Waals surface area contributed by atoms with Crippen molar-refractivity contribution in [2.24, 2.45) is 0 Å². The zero-order valence-electron chi connectivity index (χ0n) is 8.51. The minimum Gasteiger partial charge on any atom is -0.399 e. The highest BCUT2D eigenvalue weighted by molar-refractivity contribution is 6.05. The molecule has 0 fully saturated rings. The van der Waals surface area contributed by atoms with Crippen molar-refractivity contribution in [2.45, 2.75) is 0 Å². The van der Waals surface area contributed by atoms with E-state index in [1.165, 1.54) is 0 Å². The quantitative estimate of drug-likeness (QED) is 0.439. The van der Waals surface area contributed by atoms with Gasteiger partial charge in [0.15, 0.2) is 0 Å². The second-order valence-corrected chi connectivity index (χ2v) is 3.75. The Kier molecular flexibility index (Phi) is 1.71. The van der Waals surface area contributed by atoms with Gasteiger partial charge in [0.1, 0.15) is 0 Å². The van der Waals surface area contributed by atoms with Gasteiger partial charge in [0.25, 0.3) is 0 Å². The van der Waals surface area contributed by atoms with Gasteiger partial charge in [-0.05, 0) is 36.4 Å². The number of nitrogens with two attached hydrogens (primary N) is 2. The molecule has 0 aliphatic rings. The fourth-order valence-electron chi connectivity index (χ4n) is 1.82. The van der Waals surface area contributed by atoms with Gasteiger partial charge < -0.3 is 11.5 Å². The first-order valence-electron chi connectivity index (χ1n) is 4.95. The van der Waals surface area contributed by atoms with Crippen LogP contribution in [0.3, 0.4) is 0 Å². The highest BCUT2D eigenvalue weighted by Crippen LogP contribution is 2.25. The minimum atomic E-state index is 0.712. The molecule has 4 nitrogen and oxygen atoms in total. The standard InChI is InChI=1S/C12H10N4/c13-7-1-3-11-9(5-7)10-6-8(14)2-4-12(10)16-15-11/h1-6H,13-14H2. The third kappa shape index (κ3) is 1.24. The van der Waals surface area contributed by atoms with E-state index in [0.717, 1.165) is 21.8 Å². The van der Waals surface area contributed by atoms with Crippen molar-refractivity contribution >= 4 is 33.2 Å². The number of nitrogens with zero attached hydrogens (tertiary/aromatic N) is 2. The molecule has 0 radical (unpaired) electrons. The zero-order chi connectivity index (χ0) is 11.1. The molecule has 0 aliphatic carbocycles. The van der Waals surface area contributed by atoms with Crippen molar-refractivity contribution in [3.05, 3.63) is 36.4 Å². The predicted octanol–water partition coefficient (Wildman–Crippen LogP) is 1.95. The smallest absolute Gasteiger partial charge is 0.0937 e. The van der Waals surface area contributed by atoms with Gasteiger partial charge in [0, 0.05) is 22.1 Å². The molecular formula is C12H10N4. The first kappa shape index (κ1) is 8.91. The molecule has 0 atom stereocenters. The Morgan fingerprint density at radius 2 is 1.12 bits per heavy atom. The lowest BCUT2D eigenvalue weighted by atomic mass is 10.1. The average molecular weight is 210 g/mol. The monoisotopic (exact) mass is 210 g/mol. The second-order valence-electron chi connectivity index (χ2n) is 3.75. The van der Waals surface area contributed by atoms with Gasteiger partial charge in [-0.3, -0.25) is 0 Å². The molecule has 4 N–H and O–H groups in total. The molecule has 0 amide bonds. The summed E-state index contributed by atoms with van der Waals surface area (Å²) >= 11 is 0. The largest absolute Gasteiger partial charge is 0.399 e. The molecule has 0 saturated carbocycles. The highest BCUT2D eigenvalue weighted by atomic mass is 15.1. The van der Waals surface area contributed by atoms with Crippen LogP contribution in [0.4, 0.5) is 11.4 Å². The molecule has 3 rings (SSSR count). The molecule has 2 aromatic carbocycles. The molecule has 0 aliphatic heterocycles. The molecule has 0 unspecified atom stereocenters. The topological polar surface area (TPSA) is 77.8 Å².